The molecule has 1 aromatic carbocycles. The molecule has 0 bridgehead atoms. The molecule has 4 nitrogen and oxygen atoms in total. The second kappa shape index (κ2) is 9.50. The van der Waals surface area contributed by atoms with Gasteiger partial charge in [0.2, 0.25) is 0 Å². The van der Waals surface area contributed by atoms with Gasteiger partial charge in [-0.05, 0) is 25.1 Å². The highest BCUT2D eigenvalue weighted by Gasteiger charge is 2.11. The van der Waals surface area contributed by atoms with Gasteiger partial charge in [-0.2, -0.15) is 0 Å². The first-order valence-electron chi connectivity index (χ1n) is 7.12. The number of methoxy groups -OCH3 is 1. The number of hydrogen-bond acceptors (Lipinski definition) is 4. The second-order valence-corrected chi connectivity index (χ2v) is 4.97. The fourth-order valence-corrected chi connectivity index (χ4v) is 1.83. The summed E-state index contributed by atoms with van der Waals surface area (Å²) in [6, 6.07) is 7.84. The summed E-state index contributed by atoms with van der Waals surface area (Å²) in [5, 5.41) is 3.31. The molecule has 0 aromatic heterocycles. The summed E-state index contributed by atoms with van der Waals surface area (Å²) >= 11 is 0. The summed E-state index contributed by atoms with van der Waals surface area (Å²) in [4.78, 5) is 12.2. The van der Waals surface area contributed by atoms with Gasteiger partial charge in [-0.25, -0.2) is 0 Å². The largest absolute Gasteiger partial charge is 0.490 e. The number of para-hydroxylation sites is 1. The molecule has 1 aromatic rings. The maximum absolute atomic E-state index is 12.2. The molecule has 4 heteroatoms. The summed E-state index contributed by atoms with van der Waals surface area (Å²) in [7, 11) is 1.63. The van der Waals surface area contributed by atoms with Crippen LogP contribution in [-0.4, -0.2) is 38.7 Å². The summed E-state index contributed by atoms with van der Waals surface area (Å²) in [5.74, 6) is 0.773. The molecule has 1 N–H and O–H groups in total. The lowest BCUT2D eigenvalue weighted by molar-refractivity contribution is 0.0972. The van der Waals surface area contributed by atoms with Gasteiger partial charge in [-0.1, -0.05) is 26.0 Å². The lowest BCUT2D eigenvalue weighted by Crippen LogP contribution is -2.24. The molecule has 112 valence electrons. The van der Waals surface area contributed by atoms with E-state index < -0.39 is 0 Å². The SMILES string of the molecule is COCCOc1ccccc1C(=O)CCCNC(C)C. The highest BCUT2D eigenvalue weighted by Crippen LogP contribution is 2.20. The van der Waals surface area contributed by atoms with E-state index in [0.717, 1.165) is 13.0 Å². The smallest absolute Gasteiger partial charge is 0.166 e. The average molecular weight is 279 g/mol. The van der Waals surface area contributed by atoms with Gasteiger partial charge in [0.25, 0.3) is 0 Å². The average Bonchev–Trinajstić information content (AvgIpc) is 2.44. The van der Waals surface area contributed by atoms with E-state index in [1.165, 1.54) is 0 Å². The highest BCUT2D eigenvalue weighted by atomic mass is 16.5. The Balaban J connectivity index is 2.49. The minimum absolute atomic E-state index is 0.128. The van der Waals surface area contributed by atoms with E-state index in [9.17, 15) is 4.79 Å². The summed E-state index contributed by atoms with van der Waals surface area (Å²) in [5.41, 5.74) is 0.660. The van der Waals surface area contributed by atoms with E-state index in [-0.39, 0.29) is 5.78 Å². The predicted octanol–water partition coefficient (Wildman–Crippen LogP) is 2.67. The van der Waals surface area contributed by atoms with Crippen molar-refractivity contribution in [3.8, 4) is 5.75 Å². The van der Waals surface area contributed by atoms with Crippen LogP contribution in [0.5, 0.6) is 5.75 Å². The Morgan fingerprint density at radius 3 is 2.70 bits per heavy atom. The van der Waals surface area contributed by atoms with Gasteiger partial charge in [0.15, 0.2) is 5.78 Å². The van der Waals surface area contributed by atoms with Gasteiger partial charge in [-0.3, -0.25) is 4.79 Å². The van der Waals surface area contributed by atoms with E-state index in [0.29, 0.717) is 37.0 Å². The molecule has 0 atom stereocenters. The summed E-state index contributed by atoms with van der Waals surface area (Å²) in [6.45, 7) is 6.02. The lowest BCUT2D eigenvalue weighted by Gasteiger charge is -2.11. The molecule has 0 fully saturated rings. The second-order valence-electron chi connectivity index (χ2n) is 4.97. The first-order chi connectivity index (χ1) is 9.65. The van der Waals surface area contributed by atoms with Gasteiger partial charge >= 0.3 is 0 Å². The molecule has 0 saturated carbocycles. The number of ether oxygens (including phenoxy) is 2. The number of carbonyl (C=O) groups excluding carboxylic acids is 1. The molecule has 1 rings (SSSR count). The van der Waals surface area contributed by atoms with Gasteiger partial charge in [0, 0.05) is 19.6 Å². The van der Waals surface area contributed by atoms with Crippen molar-refractivity contribution in [2.45, 2.75) is 32.7 Å². The Morgan fingerprint density at radius 1 is 1.25 bits per heavy atom. The van der Waals surface area contributed by atoms with Crippen molar-refractivity contribution in [2.24, 2.45) is 0 Å². The van der Waals surface area contributed by atoms with E-state index in [1.54, 1.807) is 7.11 Å². The van der Waals surface area contributed by atoms with E-state index in [4.69, 9.17) is 9.47 Å². The molecular weight excluding hydrogens is 254 g/mol. The fourth-order valence-electron chi connectivity index (χ4n) is 1.83. The number of hydrogen-bond donors (Lipinski definition) is 1. The molecule has 0 aliphatic rings. The standard InChI is InChI=1S/C16H25NO3/c1-13(2)17-10-6-8-15(18)14-7-4-5-9-16(14)20-12-11-19-3/h4-5,7,9,13,17H,6,8,10-12H2,1-3H3. The van der Waals surface area contributed by atoms with Crippen molar-refractivity contribution in [3.05, 3.63) is 29.8 Å². The van der Waals surface area contributed by atoms with Crippen LogP contribution in [0.2, 0.25) is 0 Å². The van der Waals surface area contributed by atoms with Gasteiger partial charge in [0.1, 0.15) is 12.4 Å². The third-order valence-electron chi connectivity index (χ3n) is 2.87. The van der Waals surface area contributed by atoms with Crippen LogP contribution in [0, 0.1) is 0 Å². The van der Waals surface area contributed by atoms with Gasteiger partial charge in [0.05, 0.1) is 12.2 Å². The molecule has 0 unspecified atom stereocenters. The molecule has 0 amide bonds. The van der Waals surface area contributed by atoms with Crippen molar-refractivity contribution < 1.29 is 14.3 Å². The van der Waals surface area contributed by atoms with Crippen LogP contribution in [0.1, 0.15) is 37.0 Å². The molecule has 0 radical (unpaired) electrons. The Bertz CT molecular complexity index is 404. The topological polar surface area (TPSA) is 47.6 Å². The third-order valence-corrected chi connectivity index (χ3v) is 2.87. The summed E-state index contributed by atoms with van der Waals surface area (Å²) in [6.07, 6.45) is 1.37. The number of ketones is 1. The van der Waals surface area contributed by atoms with Crippen LogP contribution in [-0.2, 0) is 4.74 Å². The number of rotatable bonds is 10. The molecule has 0 aliphatic carbocycles. The quantitative estimate of drug-likeness (QED) is 0.528. The highest BCUT2D eigenvalue weighted by molar-refractivity contribution is 5.98. The van der Waals surface area contributed by atoms with Crippen LogP contribution in [0.4, 0.5) is 0 Å². The maximum atomic E-state index is 12.2. The van der Waals surface area contributed by atoms with Crippen molar-refractivity contribution >= 4 is 5.78 Å². The molecule has 0 saturated heterocycles. The van der Waals surface area contributed by atoms with Crippen LogP contribution in [0.3, 0.4) is 0 Å². The molecule has 0 heterocycles. The monoisotopic (exact) mass is 279 g/mol. The first-order valence-corrected chi connectivity index (χ1v) is 7.12. The number of carbonyl (C=O) groups is 1. The zero-order chi connectivity index (χ0) is 14.8. The van der Waals surface area contributed by atoms with Gasteiger partial charge in [-0.15, -0.1) is 0 Å². The number of benzene rings is 1. The zero-order valence-corrected chi connectivity index (χ0v) is 12.6. The summed E-state index contributed by atoms with van der Waals surface area (Å²) < 4.78 is 10.5. The van der Waals surface area contributed by atoms with E-state index in [1.807, 2.05) is 24.3 Å². The van der Waals surface area contributed by atoms with Crippen molar-refractivity contribution in [1.29, 1.82) is 0 Å². The third kappa shape index (κ3) is 6.17. The Labute approximate surface area is 121 Å². The maximum Gasteiger partial charge on any atom is 0.166 e. The minimum Gasteiger partial charge on any atom is -0.490 e. The van der Waals surface area contributed by atoms with Crippen molar-refractivity contribution in [2.75, 3.05) is 26.9 Å². The molecule has 0 spiro atoms. The Hall–Kier alpha value is -1.39. The number of Topliss-reactive ketones (excluding diaryl/α,β-unsaturated/α-hetero) is 1. The first kappa shape index (κ1) is 16.7. The van der Waals surface area contributed by atoms with Crippen LogP contribution < -0.4 is 10.1 Å². The van der Waals surface area contributed by atoms with Gasteiger partial charge < -0.3 is 14.8 Å². The van der Waals surface area contributed by atoms with Crippen molar-refractivity contribution in [3.63, 3.8) is 0 Å². The zero-order valence-electron chi connectivity index (χ0n) is 12.6. The predicted molar refractivity (Wildman–Crippen MR) is 80.5 cm³/mol. The van der Waals surface area contributed by atoms with E-state index >= 15 is 0 Å². The lowest BCUT2D eigenvalue weighted by atomic mass is 10.1. The Kier molecular flexibility index (Phi) is 7.92. The molecular formula is C16H25NO3. The van der Waals surface area contributed by atoms with E-state index in [2.05, 4.69) is 19.2 Å². The fraction of sp³-hybridized carbons (Fsp3) is 0.562. The van der Waals surface area contributed by atoms with Crippen LogP contribution in [0.25, 0.3) is 0 Å². The molecule has 20 heavy (non-hydrogen) atoms. The van der Waals surface area contributed by atoms with Crippen LogP contribution >= 0.6 is 0 Å². The minimum atomic E-state index is 0.128. The normalized spacial score (nSPS) is 10.8. The van der Waals surface area contributed by atoms with Crippen LogP contribution in [0.15, 0.2) is 24.3 Å². The molecule has 0 aliphatic heterocycles. The number of nitrogens with one attached hydrogen (secondary N) is 1. The Morgan fingerprint density at radius 2 is 2.00 bits per heavy atom. The van der Waals surface area contributed by atoms with Crippen molar-refractivity contribution in [1.82, 2.24) is 5.32 Å².